The molecule has 4 nitrogen and oxygen atoms in total. The Morgan fingerprint density at radius 1 is 1.50 bits per heavy atom. The Kier molecular flexibility index (Phi) is 2.81. The van der Waals surface area contributed by atoms with Crippen molar-refractivity contribution in [2.45, 2.75) is 20.4 Å². The highest BCUT2D eigenvalue weighted by Gasteiger charge is 2.14. The minimum absolute atomic E-state index is 0.0319. The highest BCUT2D eigenvalue weighted by atomic mass is 16.1. The lowest BCUT2D eigenvalue weighted by Gasteiger charge is -2.02. The van der Waals surface area contributed by atoms with Gasteiger partial charge in [-0.25, -0.2) is 0 Å². The minimum Gasteiger partial charge on any atom is -0.287 e. The molecule has 0 atom stereocenters. The Morgan fingerprint density at radius 2 is 2.31 bits per heavy atom. The molecule has 0 bridgehead atoms. The number of hydrogen-bond acceptors (Lipinski definition) is 3. The maximum absolute atomic E-state index is 12.1. The van der Waals surface area contributed by atoms with E-state index in [2.05, 4.69) is 10.1 Å². The molecule has 16 heavy (non-hydrogen) atoms. The third-order valence-electron chi connectivity index (χ3n) is 2.36. The van der Waals surface area contributed by atoms with Crippen molar-refractivity contribution in [1.29, 1.82) is 0 Å². The highest BCUT2D eigenvalue weighted by Crippen LogP contribution is 2.10. The van der Waals surface area contributed by atoms with Gasteiger partial charge in [0.2, 0.25) is 5.78 Å². The molecule has 0 spiro atoms. The van der Waals surface area contributed by atoms with Crippen LogP contribution in [0.4, 0.5) is 0 Å². The van der Waals surface area contributed by atoms with Crippen molar-refractivity contribution in [1.82, 2.24) is 14.8 Å². The van der Waals surface area contributed by atoms with E-state index in [1.807, 2.05) is 13.8 Å². The second kappa shape index (κ2) is 4.26. The predicted molar refractivity (Wildman–Crippen MR) is 60.3 cm³/mol. The van der Waals surface area contributed by atoms with Gasteiger partial charge in [0.15, 0.2) is 0 Å². The van der Waals surface area contributed by atoms with Crippen molar-refractivity contribution in [2.75, 3.05) is 0 Å². The Balaban J connectivity index is 2.41. The summed E-state index contributed by atoms with van der Waals surface area (Å²) >= 11 is 0. The van der Waals surface area contributed by atoms with Gasteiger partial charge < -0.3 is 0 Å². The largest absolute Gasteiger partial charge is 0.287 e. The van der Waals surface area contributed by atoms with E-state index >= 15 is 0 Å². The van der Waals surface area contributed by atoms with Gasteiger partial charge in [0, 0.05) is 24.5 Å². The van der Waals surface area contributed by atoms with E-state index in [1.165, 1.54) is 0 Å². The minimum atomic E-state index is -0.0319. The molecule has 0 unspecified atom stereocenters. The van der Waals surface area contributed by atoms with Crippen molar-refractivity contribution < 1.29 is 4.79 Å². The molecule has 0 radical (unpaired) electrons. The molecular formula is C12H13N3O. The van der Waals surface area contributed by atoms with Crippen LogP contribution in [0, 0.1) is 6.92 Å². The van der Waals surface area contributed by atoms with Gasteiger partial charge >= 0.3 is 0 Å². The van der Waals surface area contributed by atoms with Crippen molar-refractivity contribution in [3.8, 4) is 0 Å². The summed E-state index contributed by atoms with van der Waals surface area (Å²) in [4.78, 5) is 16.1. The van der Waals surface area contributed by atoms with Crippen LogP contribution in [-0.2, 0) is 6.54 Å². The molecule has 0 fully saturated rings. The molecule has 0 amide bonds. The summed E-state index contributed by atoms with van der Waals surface area (Å²) < 4.78 is 1.71. The zero-order valence-corrected chi connectivity index (χ0v) is 9.34. The maximum Gasteiger partial charge on any atom is 0.212 e. The number of pyridine rings is 1. The van der Waals surface area contributed by atoms with Crippen LogP contribution in [0.15, 0.2) is 30.6 Å². The average molecular weight is 215 g/mol. The van der Waals surface area contributed by atoms with Crippen molar-refractivity contribution in [3.63, 3.8) is 0 Å². The Bertz CT molecular complexity index is 502. The van der Waals surface area contributed by atoms with Crippen LogP contribution < -0.4 is 0 Å². The summed E-state index contributed by atoms with van der Waals surface area (Å²) in [7, 11) is 0. The smallest absolute Gasteiger partial charge is 0.212 e. The maximum atomic E-state index is 12.1. The molecule has 0 aliphatic carbocycles. The molecule has 2 aromatic heterocycles. The second-order valence-electron chi connectivity index (χ2n) is 3.56. The molecule has 0 N–H and O–H groups in total. The molecule has 0 aliphatic rings. The lowest BCUT2D eigenvalue weighted by atomic mass is 10.1. The number of carbonyl (C=O) groups is 1. The van der Waals surface area contributed by atoms with E-state index in [9.17, 15) is 4.79 Å². The Morgan fingerprint density at radius 3 is 2.94 bits per heavy atom. The molecule has 0 saturated carbocycles. The molecule has 82 valence electrons. The van der Waals surface area contributed by atoms with E-state index in [1.54, 1.807) is 35.3 Å². The molecule has 2 aromatic rings. The molecule has 0 saturated heterocycles. The summed E-state index contributed by atoms with van der Waals surface area (Å²) in [6.45, 7) is 4.54. The van der Waals surface area contributed by atoms with Gasteiger partial charge in [-0.15, -0.1) is 0 Å². The van der Waals surface area contributed by atoms with Gasteiger partial charge in [0.1, 0.15) is 5.69 Å². The van der Waals surface area contributed by atoms with Crippen molar-refractivity contribution in [3.05, 3.63) is 47.5 Å². The van der Waals surface area contributed by atoms with Gasteiger partial charge in [-0.05, 0) is 32.0 Å². The van der Waals surface area contributed by atoms with E-state index in [-0.39, 0.29) is 5.78 Å². The van der Waals surface area contributed by atoms with Crippen LogP contribution in [0.25, 0.3) is 0 Å². The topological polar surface area (TPSA) is 47.8 Å². The molecule has 2 heterocycles. The average Bonchev–Trinajstić information content (AvgIpc) is 2.70. The first kappa shape index (κ1) is 10.5. The summed E-state index contributed by atoms with van der Waals surface area (Å²) in [5.41, 5.74) is 2.07. The number of nitrogens with zero attached hydrogens (tertiary/aromatic N) is 3. The Labute approximate surface area is 93.9 Å². The van der Waals surface area contributed by atoms with Crippen LogP contribution in [0.3, 0.4) is 0 Å². The van der Waals surface area contributed by atoms with Gasteiger partial charge in [-0.1, -0.05) is 0 Å². The fraction of sp³-hybridized carbons (Fsp3) is 0.250. The molecule has 0 aromatic carbocycles. The fourth-order valence-electron chi connectivity index (χ4n) is 1.61. The first-order valence-corrected chi connectivity index (χ1v) is 5.21. The summed E-state index contributed by atoms with van der Waals surface area (Å²) in [6, 6.07) is 5.32. The van der Waals surface area contributed by atoms with E-state index in [0.717, 1.165) is 5.69 Å². The van der Waals surface area contributed by atoms with E-state index < -0.39 is 0 Å². The Hall–Kier alpha value is -1.97. The number of ketones is 1. The van der Waals surface area contributed by atoms with Crippen LogP contribution in [0.2, 0.25) is 0 Å². The molecule has 0 aliphatic heterocycles. The normalized spacial score (nSPS) is 10.4. The zero-order valence-electron chi connectivity index (χ0n) is 9.34. The number of aryl methyl sites for hydroxylation is 2. The summed E-state index contributed by atoms with van der Waals surface area (Å²) in [5, 5.41) is 4.25. The van der Waals surface area contributed by atoms with E-state index in [0.29, 0.717) is 17.8 Å². The van der Waals surface area contributed by atoms with Crippen molar-refractivity contribution >= 4 is 5.78 Å². The standard InChI is InChI=1S/C12H13N3O/c1-3-15-11(7-9(2)14-15)12(16)10-5-4-6-13-8-10/h4-8H,3H2,1-2H3. The second-order valence-corrected chi connectivity index (χ2v) is 3.56. The van der Waals surface area contributed by atoms with Gasteiger partial charge in [-0.2, -0.15) is 5.10 Å². The predicted octanol–water partition coefficient (Wildman–Crippen LogP) is 1.84. The number of hydrogen-bond donors (Lipinski definition) is 0. The quantitative estimate of drug-likeness (QED) is 0.734. The molecule has 2 rings (SSSR count). The number of aromatic nitrogens is 3. The van der Waals surface area contributed by atoms with Crippen molar-refractivity contribution in [2.24, 2.45) is 0 Å². The number of rotatable bonds is 3. The third-order valence-corrected chi connectivity index (χ3v) is 2.36. The monoisotopic (exact) mass is 215 g/mol. The van der Waals surface area contributed by atoms with Gasteiger partial charge in [0.25, 0.3) is 0 Å². The SMILES string of the molecule is CCn1nc(C)cc1C(=O)c1cccnc1. The number of carbonyl (C=O) groups excluding carboxylic acids is 1. The summed E-state index contributed by atoms with van der Waals surface area (Å²) in [6.07, 6.45) is 3.23. The molecule has 4 heteroatoms. The van der Waals surface area contributed by atoms with Gasteiger partial charge in [-0.3, -0.25) is 14.5 Å². The molecular weight excluding hydrogens is 202 g/mol. The van der Waals surface area contributed by atoms with Crippen LogP contribution in [0.1, 0.15) is 28.7 Å². The highest BCUT2D eigenvalue weighted by molar-refractivity contribution is 6.07. The van der Waals surface area contributed by atoms with Crippen LogP contribution in [-0.4, -0.2) is 20.5 Å². The fourth-order valence-corrected chi connectivity index (χ4v) is 1.61. The third kappa shape index (κ3) is 1.86. The van der Waals surface area contributed by atoms with Crippen LogP contribution >= 0.6 is 0 Å². The zero-order chi connectivity index (χ0) is 11.5. The first-order valence-electron chi connectivity index (χ1n) is 5.21. The lowest BCUT2D eigenvalue weighted by molar-refractivity contribution is 0.102. The summed E-state index contributed by atoms with van der Waals surface area (Å²) in [5.74, 6) is -0.0319. The van der Waals surface area contributed by atoms with Gasteiger partial charge in [0.05, 0.1) is 5.69 Å². The first-order chi connectivity index (χ1) is 7.72. The van der Waals surface area contributed by atoms with Crippen LogP contribution in [0.5, 0.6) is 0 Å². The lowest BCUT2D eigenvalue weighted by Crippen LogP contribution is -2.10. The van der Waals surface area contributed by atoms with E-state index in [4.69, 9.17) is 0 Å².